The van der Waals surface area contributed by atoms with E-state index in [-0.39, 0.29) is 30.3 Å². The summed E-state index contributed by atoms with van der Waals surface area (Å²) in [5.41, 5.74) is -2.14. The molecule has 0 radical (unpaired) electrons. The minimum atomic E-state index is -4.56. The Morgan fingerprint density at radius 3 is 2.63 bits per heavy atom. The van der Waals surface area contributed by atoms with E-state index in [1.807, 2.05) is 0 Å². The number of rotatable bonds is 6. The summed E-state index contributed by atoms with van der Waals surface area (Å²) in [6.07, 6.45) is -2.53. The Kier molecular flexibility index (Phi) is 6.06. The van der Waals surface area contributed by atoms with Crippen molar-refractivity contribution >= 4 is 34.6 Å². The molecule has 2 N–H and O–H groups in total. The fraction of sp³-hybridized carbons (Fsp3) is 0.360. The maximum absolute atomic E-state index is 13.6. The van der Waals surface area contributed by atoms with Crippen molar-refractivity contribution < 1.29 is 22.5 Å². The standard InChI is InChI=1S/C25H23F3N8O4S/c1-12-6-14(8-29-18(12)25(26,27)28)20-31-16(10-41-20)32-22(38)24(4-5-24)36-11-30-19-17(36)21(37)35(23(39)34(19)3)9-15-7-13(2)40-33-15/h6-8,10,30H,4-5,9,11H2,1-3H3,(H,32,38). The second-order valence-electron chi connectivity index (χ2n) is 10.0. The van der Waals surface area contributed by atoms with E-state index >= 15 is 0 Å². The smallest absolute Gasteiger partial charge is 0.361 e. The summed E-state index contributed by atoms with van der Waals surface area (Å²) in [6.45, 7) is 3.07. The van der Waals surface area contributed by atoms with Gasteiger partial charge >= 0.3 is 11.9 Å². The van der Waals surface area contributed by atoms with Crippen molar-refractivity contribution in [3.63, 3.8) is 0 Å². The average Bonchev–Trinajstić information content (AvgIpc) is 3.22. The maximum Gasteiger partial charge on any atom is 0.433 e. The first-order chi connectivity index (χ1) is 19.4. The number of nitrogens with one attached hydrogen (secondary N) is 2. The lowest BCUT2D eigenvalue weighted by atomic mass is 10.1. The van der Waals surface area contributed by atoms with E-state index in [1.165, 1.54) is 24.6 Å². The Hall–Kier alpha value is -4.47. The van der Waals surface area contributed by atoms with Crippen LogP contribution >= 0.6 is 11.3 Å². The van der Waals surface area contributed by atoms with Crippen LogP contribution in [0.3, 0.4) is 0 Å². The zero-order valence-corrected chi connectivity index (χ0v) is 22.8. The molecule has 0 bridgehead atoms. The number of pyridine rings is 1. The molecule has 4 aromatic heterocycles. The van der Waals surface area contributed by atoms with Crippen LogP contribution in [0.2, 0.25) is 0 Å². The van der Waals surface area contributed by atoms with Gasteiger partial charge < -0.3 is 20.1 Å². The summed E-state index contributed by atoms with van der Waals surface area (Å²) in [5.74, 6) is 0.689. The molecule has 2 aliphatic rings. The minimum absolute atomic E-state index is 0.0355. The van der Waals surface area contributed by atoms with Crippen molar-refractivity contribution in [1.82, 2.24) is 24.3 Å². The van der Waals surface area contributed by atoms with Gasteiger partial charge in [-0.05, 0) is 38.3 Å². The number of carbonyl (C=O) groups is 1. The molecule has 0 aromatic carbocycles. The SMILES string of the molecule is Cc1cc(Cn2c(=O)c3c(n(C)c2=O)NCN3C2(C(=O)Nc3csc(-c4cnc(C(F)(F)F)c(C)c4)n3)CC2)no1. The fourth-order valence-corrected chi connectivity index (χ4v) is 5.75. The minimum Gasteiger partial charge on any atom is -0.361 e. The van der Waals surface area contributed by atoms with Crippen molar-refractivity contribution in [3.8, 4) is 10.6 Å². The van der Waals surface area contributed by atoms with Crippen molar-refractivity contribution in [2.45, 2.75) is 44.9 Å². The molecule has 1 aliphatic carbocycles. The number of aromatic nitrogens is 5. The molecule has 214 valence electrons. The molecule has 0 unspecified atom stereocenters. The predicted octanol–water partition coefficient (Wildman–Crippen LogP) is 3.10. The lowest BCUT2D eigenvalue weighted by Gasteiger charge is -2.27. The molecule has 6 rings (SSSR count). The second-order valence-corrected chi connectivity index (χ2v) is 10.9. The molecular weight excluding hydrogens is 565 g/mol. The van der Waals surface area contributed by atoms with Crippen LogP contribution in [0.5, 0.6) is 0 Å². The van der Waals surface area contributed by atoms with E-state index in [9.17, 15) is 27.6 Å². The topological polar surface area (TPSA) is 140 Å². The molecular formula is C25H23F3N8O4S. The Morgan fingerprint density at radius 1 is 1.24 bits per heavy atom. The largest absolute Gasteiger partial charge is 0.433 e. The molecule has 16 heteroatoms. The average molecular weight is 589 g/mol. The van der Waals surface area contributed by atoms with E-state index in [0.29, 0.717) is 40.7 Å². The van der Waals surface area contributed by atoms with Crippen molar-refractivity contribution in [1.29, 1.82) is 0 Å². The first-order valence-electron chi connectivity index (χ1n) is 12.5. The van der Waals surface area contributed by atoms with Crippen molar-refractivity contribution in [2.24, 2.45) is 7.05 Å². The highest BCUT2D eigenvalue weighted by molar-refractivity contribution is 7.13. The second kappa shape index (κ2) is 9.29. The van der Waals surface area contributed by atoms with Crippen LogP contribution in [-0.2, 0) is 24.6 Å². The van der Waals surface area contributed by atoms with Gasteiger partial charge in [0.1, 0.15) is 45.0 Å². The molecule has 0 spiro atoms. The maximum atomic E-state index is 13.6. The van der Waals surface area contributed by atoms with Gasteiger partial charge in [-0.2, -0.15) is 13.2 Å². The Balaban J connectivity index is 1.26. The molecule has 1 fully saturated rings. The van der Waals surface area contributed by atoms with Gasteiger partial charge in [0, 0.05) is 30.3 Å². The lowest BCUT2D eigenvalue weighted by molar-refractivity contribution is -0.141. The molecule has 0 saturated heterocycles. The first kappa shape index (κ1) is 26.7. The first-order valence-corrected chi connectivity index (χ1v) is 13.4. The number of anilines is 3. The number of hydrogen-bond acceptors (Lipinski definition) is 10. The molecule has 4 aromatic rings. The van der Waals surface area contributed by atoms with E-state index in [0.717, 1.165) is 22.1 Å². The van der Waals surface area contributed by atoms with Crippen LogP contribution in [0.15, 0.2) is 37.8 Å². The third-order valence-electron chi connectivity index (χ3n) is 7.20. The lowest BCUT2D eigenvalue weighted by Crippen LogP contribution is -2.49. The van der Waals surface area contributed by atoms with Crippen LogP contribution in [0, 0.1) is 13.8 Å². The van der Waals surface area contributed by atoms with Crippen LogP contribution in [0.25, 0.3) is 10.6 Å². The van der Waals surface area contributed by atoms with Gasteiger partial charge in [-0.15, -0.1) is 11.3 Å². The molecule has 1 saturated carbocycles. The molecule has 0 atom stereocenters. The van der Waals surface area contributed by atoms with Gasteiger partial charge in [0.05, 0.1) is 13.2 Å². The molecule has 1 amide bonds. The number of thiazole rings is 1. The summed E-state index contributed by atoms with van der Waals surface area (Å²) < 4.78 is 46.7. The summed E-state index contributed by atoms with van der Waals surface area (Å²) in [4.78, 5) is 49.7. The van der Waals surface area contributed by atoms with E-state index in [2.05, 4.69) is 25.8 Å². The third kappa shape index (κ3) is 4.47. The highest BCUT2D eigenvalue weighted by Gasteiger charge is 2.57. The van der Waals surface area contributed by atoms with Crippen molar-refractivity contribution in [3.05, 3.63) is 67.3 Å². The zero-order valence-electron chi connectivity index (χ0n) is 22.0. The van der Waals surface area contributed by atoms with Crippen molar-refractivity contribution in [2.75, 3.05) is 22.2 Å². The summed E-state index contributed by atoms with van der Waals surface area (Å²) in [5, 5.41) is 11.7. The van der Waals surface area contributed by atoms with Crippen LogP contribution in [0.4, 0.5) is 30.5 Å². The van der Waals surface area contributed by atoms with Gasteiger partial charge in [0.15, 0.2) is 0 Å². The number of nitrogens with zero attached hydrogens (tertiary/aromatic N) is 6. The van der Waals surface area contributed by atoms with Gasteiger partial charge in [-0.1, -0.05) is 5.16 Å². The van der Waals surface area contributed by atoms with E-state index in [4.69, 9.17) is 4.52 Å². The molecule has 1 aliphatic heterocycles. The Bertz CT molecular complexity index is 1820. The van der Waals surface area contributed by atoms with Crippen LogP contribution in [-0.4, -0.2) is 42.4 Å². The predicted molar refractivity (Wildman–Crippen MR) is 143 cm³/mol. The Labute approximate surface area is 233 Å². The number of aryl methyl sites for hydroxylation is 2. The molecule has 12 nitrogen and oxygen atoms in total. The fourth-order valence-electron chi connectivity index (χ4n) is 5.01. The number of alkyl halides is 3. The van der Waals surface area contributed by atoms with Gasteiger partial charge in [-0.25, -0.2) is 9.78 Å². The van der Waals surface area contributed by atoms with Gasteiger partial charge in [0.2, 0.25) is 0 Å². The number of hydrogen-bond donors (Lipinski definition) is 2. The number of fused-ring (bicyclic) bond motifs is 1. The van der Waals surface area contributed by atoms with Gasteiger partial charge in [0.25, 0.3) is 11.5 Å². The zero-order chi connectivity index (χ0) is 29.3. The van der Waals surface area contributed by atoms with Gasteiger partial charge in [-0.3, -0.25) is 23.7 Å². The molecule has 5 heterocycles. The number of halogens is 3. The normalized spacial score (nSPS) is 15.5. The number of carbonyl (C=O) groups excluding carboxylic acids is 1. The Morgan fingerprint density at radius 2 is 2.00 bits per heavy atom. The third-order valence-corrected chi connectivity index (χ3v) is 8.09. The summed E-state index contributed by atoms with van der Waals surface area (Å²) in [7, 11) is 1.54. The molecule has 41 heavy (non-hydrogen) atoms. The summed E-state index contributed by atoms with van der Waals surface area (Å²) in [6, 6.07) is 2.99. The van der Waals surface area contributed by atoms with Crippen LogP contribution < -0.4 is 26.8 Å². The number of amides is 1. The monoisotopic (exact) mass is 588 g/mol. The highest BCUT2D eigenvalue weighted by atomic mass is 32.1. The van der Waals surface area contributed by atoms with Crippen LogP contribution in [0.1, 0.15) is 35.6 Å². The summed E-state index contributed by atoms with van der Waals surface area (Å²) >= 11 is 1.15. The quantitative estimate of drug-likeness (QED) is 0.348. The van der Waals surface area contributed by atoms with E-state index < -0.39 is 34.6 Å². The van der Waals surface area contributed by atoms with E-state index in [1.54, 1.807) is 23.3 Å². The highest BCUT2D eigenvalue weighted by Crippen LogP contribution is 2.47.